The maximum Gasteiger partial charge on any atom is 0.256 e. The van der Waals surface area contributed by atoms with E-state index in [0.29, 0.717) is 10.6 Å². The molecule has 0 aliphatic rings. The van der Waals surface area contributed by atoms with Crippen LogP contribution in [-0.4, -0.2) is 10.9 Å². The smallest absolute Gasteiger partial charge is 0.256 e. The number of fused-ring (bicyclic) bond motifs is 1. The Morgan fingerprint density at radius 3 is 2.63 bits per heavy atom. The van der Waals surface area contributed by atoms with Gasteiger partial charge in [-0.2, -0.15) is 0 Å². The lowest BCUT2D eigenvalue weighted by molar-refractivity contribution is 0.102. The van der Waals surface area contributed by atoms with E-state index < -0.39 is 0 Å². The number of rotatable bonds is 3. The molecule has 0 bridgehead atoms. The standard InChI is InChI=1S/C22H17ClN2OS/c1-13-6-3-4-7-18(13)25-22(26)16-12-19(20-8-5-11-27-20)24-21-14(2)17(23)10-9-15(16)21/h3-12H,1-2H3,(H,25,26). The van der Waals surface area contributed by atoms with Gasteiger partial charge in [-0.15, -0.1) is 11.3 Å². The number of hydrogen-bond acceptors (Lipinski definition) is 3. The van der Waals surface area contributed by atoms with Gasteiger partial charge in [0.1, 0.15) is 0 Å². The Hall–Kier alpha value is -2.69. The Kier molecular flexibility index (Phi) is 4.68. The Labute approximate surface area is 166 Å². The molecule has 27 heavy (non-hydrogen) atoms. The van der Waals surface area contributed by atoms with Crippen LogP contribution in [0, 0.1) is 13.8 Å². The summed E-state index contributed by atoms with van der Waals surface area (Å²) in [4.78, 5) is 18.9. The van der Waals surface area contributed by atoms with Crippen molar-refractivity contribution >= 4 is 45.4 Å². The highest BCUT2D eigenvalue weighted by Crippen LogP contribution is 2.32. The largest absolute Gasteiger partial charge is 0.322 e. The van der Waals surface area contributed by atoms with Crippen molar-refractivity contribution in [2.45, 2.75) is 13.8 Å². The van der Waals surface area contributed by atoms with Crippen molar-refractivity contribution in [1.29, 1.82) is 0 Å². The lowest BCUT2D eigenvalue weighted by Crippen LogP contribution is -2.14. The van der Waals surface area contributed by atoms with Crippen molar-refractivity contribution in [1.82, 2.24) is 4.98 Å². The zero-order valence-corrected chi connectivity index (χ0v) is 16.5. The number of hydrogen-bond donors (Lipinski definition) is 1. The SMILES string of the molecule is Cc1ccccc1NC(=O)c1cc(-c2cccs2)nc2c(C)c(Cl)ccc12. The molecule has 0 atom stereocenters. The minimum Gasteiger partial charge on any atom is -0.322 e. The lowest BCUT2D eigenvalue weighted by Gasteiger charge is -2.13. The fraction of sp³-hybridized carbons (Fsp3) is 0.0909. The van der Waals surface area contributed by atoms with Gasteiger partial charge in [-0.05, 0) is 54.6 Å². The molecule has 0 spiro atoms. The van der Waals surface area contributed by atoms with Crippen LogP contribution < -0.4 is 5.32 Å². The minimum absolute atomic E-state index is 0.156. The molecule has 1 N–H and O–H groups in total. The van der Waals surface area contributed by atoms with Gasteiger partial charge in [0.2, 0.25) is 0 Å². The second-order valence-electron chi connectivity index (χ2n) is 6.37. The van der Waals surface area contributed by atoms with Gasteiger partial charge in [0, 0.05) is 16.1 Å². The van der Waals surface area contributed by atoms with E-state index in [-0.39, 0.29) is 5.91 Å². The molecule has 4 aromatic rings. The normalized spacial score (nSPS) is 10.9. The van der Waals surface area contributed by atoms with Crippen molar-refractivity contribution < 1.29 is 4.79 Å². The molecule has 0 aliphatic heterocycles. The zero-order chi connectivity index (χ0) is 19.0. The Morgan fingerprint density at radius 1 is 1.07 bits per heavy atom. The first-order valence-corrected chi connectivity index (χ1v) is 9.81. The van der Waals surface area contributed by atoms with Crippen LogP contribution in [0.3, 0.4) is 0 Å². The molecular formula is C22H17ClN2OS. The fourth-order valence-electron chi connectivity index (χ4n) is 3.05. The van der Waals surface area contributed by atoms with E-state index in [1.807, 2.05) is 73.8 Å². The quantitative estimate of drug-likeness (QED) is 0.433. The molecule has 0 radical (unpaired) electrons. The number of para-hydroxylation sites is 1. The van der Waals surface area contributed by atoms with E-state index in [0.717, 1.165) is 38.3 Å². The third-order valence-corrected chi connectivity index (χ3v) is 5.88. The molecule has 0 aliphatic carbocycles. The number of benzene rings is 2. The molecule has 2 aromatic heterocycles. The van der Waals surface area contributed by atoms with Crippen LogP contribution in [-0.2, 0) is 0 Å². The Morgan fingerprint density at radius 2 is 1.89 bits per heavy atom. The highest BCUT2D eigenvalue weighted by Gasteiger charge is 2.17. The van der Waals surface area contributed by atoms with E-state index in [2.05, 4.69) is 5.32 Å². The predicted molar refractivity (Wildman–Crippen MR) is 114 cm³/mol. The van der Waals surface area contributed by atoms with Crippen LogP contribution in [0.4, 0.5) is 5.69 Å². The molecule has 134 valence electrons. The first kappa shape index (κ1) is 17.7. The number of thiophene rings is 1. The molecule has 2 aromatic carbocycles. The maximum absolute atomic E-state index is 13.1. The van der Waals surface area contributed by atoms with E-state index >= 15 is 0 Å². The van der Waals surface area contributed by atoms with Gasteiger partial charge in [-0.1, -0.05) is 41.9 Å². The molecule has 3 nitrogen and oxygen atoms in total. The maximum atomic E-state index is 13.1. The average Bonchev–Trinajstić information content (AvgIpc) is 3.20. The summed E-state index contributed by atoms with van der Waals surface area (Å²) in [5.41, 5.74) is 4.81. The number of nitrogens with one attached hydrogen (secondary N) is 1. The minimum atomic E-state index is -0.156. The van der Waals surface area contributed by atoms with Crippen LogP contribution in [0.25, 0.3) is 21.5 Å². The van der Waals surface area contributed by atoms with Gasteiger partial charge in [-0.25, -0.2) is 4.98 Å². The number of pyridine rings is 1. The summed E-state index contributed by atoms with van der Waals surface area (Å²) >= 11 is 7.90. The van der Waals surface area contributed by atoms with Crippen LogP contribution in [0.15, 0.2) is 60.0 Å². The van der Waals surface area contributed by atoms with Gasteiger partial charge in [0.25, 0.3) is 5.91 Å². The molecule has 0 unspecified atom stereocenters. The van der Waals surface area contributed by atoms with Gasteiger partial charge in [-0.3, -0.25) is 4.79 Å². The number of amides is 1. The van der Waals surface area contributed by atoms with Crippen molar-refractivity contribution in [3.8, 4) is 10.6 Å². The van der Waals surface area contributed by atoms with Gasteiger partial charge in [0.15, 0.2) is 0 Å². The molecule has 0 saturated carbocycles. The molecule has 0 saturated heterocycles. The zero-order valence-electron chi connectivity index (χ0n) is 14.9. The lowest BCUT2D eigenvalue weighted by atomic mass is 10.0. The van der Waals surface area contributed by atoms with Crippen LogP contribution in [0.2, 0.25) is 5.02 Å². The number of aromatic nitrogens is 1. The van der Waals surface area contributed by atoms with E-state index in [9.17, 15) is 4.79 Å². The topological polar surface area (TPSA) is 42.0 Å². The first-order valence-electron chi connectivity index (χ1n) is 8.55. The van der Waals surface area contributed by atoms with Crippen molar-refractivity contribution in [3.05, 3.63) is 81.7 Å². The number of anilines is 1. The average molecular weight is 393 g/mol. The summed E-state index contributed by atoms with van der Waals surface area (Å²) in [6.07, 6.45) is 0. The summed E-state index contributed by atoms with van der Waals surface area (Å²) in [5, 5.41) is 6.46. The van der Waals surface area contributed by atoms with Gasteiger partial charge >= 0.3 is 0 Å². The summed E-state index contributed by atoms with van der Waals surface area (Å²) in [7, 11) is 0. The van der Waals surface area contributed by atoms with Gasteiger partial charge < -0.3 is 5.32 Å². The molecule has 2 heterocycles. The summed E-state index contributed by atoms with van der Waals surface area (Å²) in [6.45, 7) is 3.90. The van der Waals surface area contributed by atoms with Crippen LogP contribution >= 0.6 is 22.9 Å². The predicted octanol–water partition coefficient (Wildman–Crippen LogP) is 6.49. The summed E-state index contributed by atoms with van der Waals surface area (Å²) < 4.78 is 0. The summed E-state index contributed by atoms with van der Waals surface area (Å²) in [5.74, 6) is -0.156. The van der Waals surface area contributed by atoms with Crippen LogP contribution in [0.5, 0.6) is 0 Å². The number of carbonyl (C=O) groups is 1. The van der Waals surface area contributed by atoms with Gasteiger partial charge in [0.05, 0.1) is 21.7 Å². The van der Waals surface area contributed by atoms with Crippen LogP contribution in [0.1, 0.15) is 21.5 Å². The second kappa shape index (κ2) is 7.14. The Balaban J connectivity index is 1.89. The highest BCUT2D eigenvalue weighted by molar-refractivity contribution is 7.13. The number of aryl methyl sites for hydroxylation is 2. The van der Waals surface area contributed by atoms with Crippen molar-refractivity contribution in [3.63, 3.8) is 0 Å². The number of carbonyl (C=O) groups excluding carboxylic acids is 1. The number of nitrogens with zero attached hydrogens (tertiary/aromatic N) is 1. The highest BCUT2D eigenvalue weighted by atomic mass is 35.5. The summed E-state index contributed by atoms with van der Waals surface area (Å²) in [6, 6.07) is 17.3. The third-order valence-electron chi connectivity index (χ3n) is 4.58. The molecule has 5 heteroatoms. The third kappa shape index (κ3) is 3.34. The van der Waals surface area contributed by atoms with Crippen molar-refractivity contribution in [2.75, 3.05) is 5.32 Å². The Bertz CT molecular complexity index is 1150. The molecule has 4 rings (SSSR count). The van der Waals surface area contributed by atoms with E-state index in [1.54, 1.807) is 11.3 Å². The number of halogens is 1. The fourth-order valence-corrected chi connectivity index (χ4v) is 3.88. The second-order valence-corrected chi connectivity index (χ2v) is 7.72. The monoisotopic (exact) mass is 392 g/mol. The van der Waals surface area contributed by atoms with Crippen molar-refractivity contribution in [2.24, 2.45) is 0 Å². The molecular weight excluding hydrogens is 376 g/mol. The molecule has 1 amide bonds. The first-order chi connectivity index (χ1) is 13.0. The molecule has 0 fully saturated rings. The van der Waals surface area contributed by atoms with E-state index in [1.165, 1.54) is 0 Å². The van der Waals surface area contributed by atoms with E-state index in [4.69, 9.17) is 16.6 Å².